The number of anilines is 1. The van der Waals surface area contributed by atoms with Gasteiger partial charge in [-0.1, -0.05) is 18.6 Å². The summed E-state index contributed by atoms with van der Waals surface area (Å²) in [6.45, 7) is 1.89. The summed E-state index contributed by atoms with van der Waals surface area (Å²) in [7, 11) is 0. The first-order chi connectivity index (χ1) is 10.3. The third kappa shape index (κ3) is 2.95. The van der Waals surface area contributed by atoms with Crippen molar-refractivity contribution in [3.05, 3.63) is 40.6 Å². The second kappa shape index (κ2) is 6.05. The third-order valence-corrected chi connectivity index (χ3v) is 3.90. The Morgan fingerprint density at radius 2 is 2.29 bits per heavy atom. The highest BCUT2D eigenvalue weighted by molar-refractivity contribution is 5.96. The van der Waals surface area contributed by atoms with Gasteiger partial charge in [0.1, 0.15) is 5.52 Å². The zero-order valence-electron chi connectivity index (χ0n) is 11.7. The van der Waals surface area contributed by atoms with Crippen molar-refractivity contribution in [2.24, 2.45) is 0 Å². The maximum atomic E-state index is 11.1. The molecule has 0 bridgehead atoms. The van der Waals surface area contributed by atoms with Gasteiger partial charge in [-0.25, -0.2) is 4.98 Å². The van der Waals surface area contributed by atoms with Gasteiger partial charge in [0.25, 0.3) is 5.69 Å². The summed E-state index contributed by atoms with van der Waals surface area (Å²) in [4.78, 5) is 14.8. The number of hydrogen-bond donors (Lipinski definition) is 2. The van der Waals surface area contributed by atoms with Gasteiger partial charge >= 0.3 is 0 Å². The van der Waals surface area contributed by atoms with Crippen LogP contribution >= 0.6 is 0 Å². The van der Waals surface area contributed by atoms with Gasteiger partial charge in [0, 0.05) is 35.9 Å². The molecule has 1 aromatic carbocycles. The Labute approximate surface area is 122 Å². The fourth-order valence-corrected chi connectivity index (χ4v) is 2.79. The molecule has 0 saturated carbocycles. The number of nitro benzene ring substituents is 1. The largest absolute Gasteiger partial charge is 0.383 e. The molecule has 1 atom stereocenters. The summed E-state index contributed by atoms with van der Waals surface area (Å²) in [5.41, 5.74) is 1.38. The minimum absolute atomic E-state index is 0.0481. The fraction of sp³-hybridized carbons (Fsp3) is 0.400. The van der Waals surface area contributed by atoms with E-state index in [0.717, 1.165) is 30.6 Å². The van der Waals surface area contributed by atoms with Crippen molar-refractivity contribution in [1.82, 2.24) is 10.3 Å². The second-order valence-electron chi connectivity index (χ2n) is 5.32. The maximum absolute atomic E-state index is 11.1. The maximum Gasteiger partial charge on any atom is 0.295 e. The Morgan fingerprint density at radius 1 is 1.38 bits per heavy atom. The van der Waals surface area contributed by atoms with Gasteiger partial charge in [0.2, 0.25) is 0 Å². The van der Waals surface area contributed by atoms with E-state index in [2.05, 4.69) is 15.6 Å². The molecule has 21 heavy (non-hydrogen) atoms. The number of piperidine rings is 1. The SMILES string of the molecule is O=[N+]([O-])c1cccc2c(NCC3CCCCN3)ccnc12. The minimum atomic E-state index is -0.387. The summed E-state index contributed by atoms with van der Waals surface area (Å²) in [6, 6.07) is 7.38. The highest BCUT2D eigenvalue weighted by atomic mass is 16.6. The van der Waals surface area contributed by atoms with Crippen LogP contribution in [0.25, 0.3) is 10.9 Å². The van der Waals surface area contributed by atoms with Gasteiger partial charge in [-0.15, -0.1) is 0 Å². The molecule has 0 radical (unpaired) electrons. The smallest absolute Gasteiger partial charge is 0.295 e. The van der Waals surface area contributed by atoms with Crippen LogP contribution in [0.2, 0.25) is 0 Å². The van der Waals surface area contributed by atoms with Crippen LogP contribution in [0.4, 0.5) is 11.4 Å². The Balaban J connectivity index is 1.85. The summed E-state index contributed by atoms with van der Waals surface area (Å²) in [6.07, 6.45) is 5.27. The van der Waals surface area contributed by atoms with Gasteiger partial charge in [-0.3, -0.25) is 10.1 Å². The Bertz CT molecular complexity index is 653. The Morgan fingerprint density at radius 3 is 3.05 bits per heavy atom. The highest BCUT2D eigenvalue weighted by Gasteiger charge is 2.16. The molecule has 2 aromatic rings. The number of non-ortho nitro benzene ring substituents is 1. The van der Waals surface area contributed by atoms with Gasteiger partial charge in [-0.05, 0) is 25.5 Å². The van der Waals surface area contributed by atoms with Crippen LogP contribution in [0.3, 0.4) is 0 Å². The zero-order valence-corrected chi connectivity index (χ0v) is 11.7. The van der Waals surface area contributed by atoms with Crippen LogP contribution in [-0.2, 0) is 0 Å². The van der Waals surface area contributed by atoms with Crippen molar-refractivity contribution < 1.29 is 4.92 Å². The summed E-state index contributed by atoms with van der Waals surface area (Å²) < 4.78 is 0. The standard InChI is InChI=1S/C15H18N4O2/c20-19(21)14-6-3-5-12-13(7-9-17-15(12)14)18-10-11-4-1-2-8-16-11/h3,5-7,9,11,16H,1-2,4,8,10H2,(H,17,18). The molecule has 0 aliphatic carbocycles. The molecule has 1 aliphatic rings. The minimum Gasteiger partial charge on any atom is -0.383 e. The van der Waals surface area contributed by atoms with Gasteiger partial charge in [-0.2, -0.15) is 0 Å². The molecule has 1 aliphatic heterocycles. The van der Waals surface area contributed by atoms with E-state index < -0.39 is 0 Å². The van der Waals surface area contributed by atoms with Crippen LogP contribution in [-0.4, -0.2) is 29.0 Å². The zero-order chi connectivity index (χ0) is 14.7. The van der Waals surface area contributed by atoms with E-state index in [1.807, 2.05) is 12.1 Å². The topological polar surface area (TPSA) is 80.1 Å². The van der Waals surface area contributed by atoms with E-state index in [4.69, 9.17) is 0 Å². The number of nitrogens with one attached hydrogen (secondary N) is 2. The molecule has 6 heteroatoms. The Hall–Kier alpha value is -2.21. The van der Waals surface area contributed by atoms with Crippen molar-refractivity contribution in [3.63, 3.8) is 0 Å². The monoisotopic (exact) mass is 286 g/mol. The average molecular weight is 286 g/mol. The van der Waals surface area contributed by atoms with Crippen molar-refractivity contribution in [1.29, 1.82) is 0 Å². The van der Waals surface area contributed by atoms with Crippen LogP contribution in [0.5, 0.6) is 0 Å². The summed E-state index contributed by atoms with van der Waals surface area (Å²) in [5, 5.41) is 18.7. The summed E-state index contributed by atoms with van der Waals surface area (Å²) in [5.74, 6) is 0. The number of pyridine rings is 1. The molecule has 0 amide bonds. The summed E-state index contributed by atoms with van der Waals surface area (Å²) >= 11 is 0. The molecular formula is C15H18N4O2. The number of fused-ring (bicyclic) bond motifs is 1. The predicted molar refractivity (Wildman–Crippen MR) is 82.5 cm³/mol. The fourth-order valence-electron chi connectivity index (χ4n) is 2.79. The van der Waals surface area contributed by atoms with Crippen LogP contribution in [0, 0.1) is 10.1 Å². The molecule has 2 N–H and O–H groups in total. The molecule has 1 saturated heterocycles. The predicted octanol–water partition coefficient (Wildman–Crippen LogP) is 2.70. The molecule has 110 valence electrons. The van der Waals surface area contributed by atoms with E-state index >= 15 is 0 Å². The molecule has 1 fully saturated rings. The molecule has 2 heterocycles. The van der Waals surface area contributed by atoms with Crippen molar-refractivity contribution in [2.45, 2.75) is 25.3 Å². The second-order valence-corrected chi connectivity index (χ2v) is 5.32. The highest BCUT2D eigenvalue weighted by Crippen LogP contribution is 2.28. The molecular weight excluding hydrogens is 268 g/mol. The quantitative estimate of drug-likeness (QED) is 0.667. The van der Waals surface area contributed by atoms with Crippen LogP contribution in [0.1, 0.15) is 19.3 Å². The first kappa shape index (κ1) is 13.8. The van der Waals surface area contributed by atoms with Gasteiger partial charge in [0.05, 0.1) is 4.92 Å². The lowest BCUT2D eigenvalue weighted by atomic mass is 10.0. The lowest BCUT2D eigenvalue weighted by molar-refractivity contribution is -0.383. The number of aromatic nitrogens is 1. The van der Waals surface area contributed by atoms with E-state index in [1.54, 1.807) is 12.3 Å². The van der Waals surface area contributed by atoms with Crippen molar-refractivity contribution in [3.8, 4) is 0 Å². The van der Waals surface area contributed by atoms with E-state index in [-0.39, 0.29) is 10.6 Å². The third-order valence-electron chi connectivity index (χ3n) is 3.90. The van der Waals surface area contributed by atoms with Crippen molar-refractivity contribution >= 4 is 22.3 Å². The van der Waals surface area contributed by atoms with E-state index in [9.17, 15) is 10.1 Å². The average Bonchev–Trinajstić information content (AvgIpc) is 2.53. The normalized spacial score (nSPS) is 18.6. The number of nitro groups is 1. The first-order valence-electron chi connectivity index (χ1n) is 7.25. The number of rotatable bonds is 4. The molecule has 6 nitrogen and oxygen atoms in total. The van der Waals surface area contributed by atoms with Crippen LogP contribution < -0.4 is 10.6 Å². The number of nitrogens with zero attached hydrogens (tertiary/aromatic N) is 2. The Kier molecular flexibility index (Phi) is 3.96. The molecule has 1 aromatic heterocycles. The van der Waals surface area contributed by atoms with E-state index in [0.29, 0.717) is 11.6 Å². The first-order valence-corrected chi connectivity index (χ1v) is 7.25. The molecule has 1 unspecified atom stereocenters. The molecule has 0 spiro atoms. The lowest BCUT2D eigenvalue weighted by Gasteiger charge is -2.24. The van der Waals surface area contributed by atoms with Gasteiger partial charge in [0.15, 0.2) is 0 Å². The lowest BCUT2D eigenvalue weighted by Crippen LogP contribution is -2.39. The molecule has 3 rings (SSSR count). The van der Waals surface area contributed by atoms with Gasteiger partial charge < -0.3 is 10.6 Å². The number of hydrogen-bond acceptors (Lipinski definition) is 5. The van der Waals surface area contributed by atoms with Crippen LogP contribution in [0.15, 0.2) is 30.5 Å². The van der Waals surface area contributed by atoms with E-state index in [1.165, 1.54) is 18.9 Å². The number of benzene rings is 1. The number of para-hydroxylation sites is 1. The van der Waals surface area contributed by atoms with Crippen molar-refractivity contribution in [2.75, 3.05) is 18.4 Å².